The number of piperidine rings is 3. The van der Waals surface area contributed by atoms with Gasteiger partial charge in [-0.2, -0.15) is 0 Å². The van der Waals surface area contributed by atoms with Crippen LogP contribution in [0.1, 0.15) is 21.0 Å². The minimum atomic E-state index is -0.322. The fourth-order valence-electron chi connectivity index (χ4n) is 5.21. The Morgan fingerprint density at radius 2 is 2.08 bits per heavy atom. The zero-order valence-corrected chi connectivity index (χ0v) is 16.0. The van der Waals surface area contributed by atoms with E-state index in [0.717, 1.165) is 40.3 Å². The Labute approximate surface area is 160 Å². The van der Waals surface area contributed by atoms with Crippen LogP contribution in [-0.4, -0.2) is 48.1 Å². The summed E-state index contributed by atoms with van der Waals surface area (Å²) < 4.78 is 6.23. The SMILES string of the molecule is O=C(NC12C[N+]3(CC(=O)c4cccs4)CCC1C2C3)OCc1cccs1. The first-order valence-electron chi connectivity index (χ1n) is 8.99. The van der Waals surface area contributed by atoms with Crippen LogP contribution in [0.3, 0.4) is 0 Å². The van der Waals surface area contributed by atoms with Crippen LogP contribution in [-0.2, 0) is 11.3 Å². The Bertz CT molecular complexity index is 835. The molecular formula is C19H21N2O3S2+. The summed E-state index contributed by atoms with van der Waals surface area (Å²) in [5.74, 6) is 1.30. The number of fused-ring (bicyclic) bond motifs is 1. The summed E-state index contributed by atoms with van der Waals surface area (Å²) in [5.41, 5.74) is -0.138. The highest BCUT2D eigenvalue weighted by Crippen LogP contribution is 2.63. The van der Waals surface area contributed by atoms with Gasteiger partial charge in [-0.15, -0.1) is 22.7 Å². The molecule has 4 unspecified atom stereocenters. The molecular weight excluding hydrogens is 368 g/mol. The van der Waals surface area contributed by atoms with Gasteiger partial charge < -0.3 is 14.5 Å². The number of ether oxygens (including phenoxy) is 1. The van der Waals surface area contributed by atoms with Crippen LogP contribution in [0.5, 0.6) is 0 Å². The first-order chi connectivity index (χ1) is 12.6. The highest BCUT2D eigenvalue weighted by atomic mass is 32.1. The van der Waals surface area contributed by atoms with Crippen molar-refractivity contribution in [1.29, 1.82) is 0 Å². The Morgan fingerprint density at radius 1 is 1.23 bits per heavy atom. The van der Waals surface area contributed by atoms with Crippen molar-refractivity contribution in [3.05, 3.63) is 44.8 Å². The first-order valence-corrected chi connectivity index (χ1v) is 10.8. The van der Waals surface area contributed by atoms with Gasteiger partial charge in [-0.25, -0.2) is 4.79 Å². The summed E-state index contributed by atoms with van der Waals surface area (Å²) >= 11 is 3.10. The van der Waals surface area contributed by atoms with Crippen LogP contribution < -0.4 is 5.32 Å². The molecule has 5 nitrogen and oxygen atoms in total. The molecule has 0 spiro atoms. The first kappa shape index (κ1) is 16.5. The second-order valence-electron chi connectivity index (χ2n) is 7.79. The van der Waals surface area contributed by atoms with E-state index < -0.39 is 0 Å². The molecule has 0 radical (unpaired) electrons. The molecule has 3 aliphatic heterocycles. The molecule has 0 aromatic carbocycles. The van der Waals surface area contributed by atoms with E-state index >= 15 is 0 Å². The van der Waals surface area contributed by atoms with Crippen molar-refractivity contribution in [1.82, 2.24) is 5.32 Å². The molecule has 136 valence electrons. The third-order valence-electron chi connectivity index (χ3n) is 6.33. The van der Waals surface area contributed by atoms with Crippen LogP contribution in [0.2, 0.25) is 0 Å². The number of nitrogens with one attached hydrogen (secondary N) is 1. The summed E-state index contributed by atoms with van der Waals surface area (Å²) in [5, 5.41) is 7.11. The predicted octanol–water partition coefficient (Wildman–Crippen LogP) is 3.14. The molecule has 5 heterocycles. The number of hydrogen-bond acceptors (Lipinski definition) is 5. The third-order valence-corrected chi connectivity index (χ3v) is 8.09. The van der Waals surface area contributed by atoms with E-state index in [0.29, 0.717) is 25.0 Å². The Hall–Kier alpha value is -1.70. The molecule has 4 bridgehead atoms. The second-order valence-corrected chi connectivity index (χ2v) is 9.77. The zero-order valence-electron chi connectivity index (χ0n) is 14.3. The van der Waals surface area contributed by atoms with E-state index in [1.165, 1.54) is 11.3 Å². The van der Waals surface area contributed by atoms with Gasteiger partial charge in [-0.3, -0.25) is 4.79 Å². The molecule has 2 aromatic rings. The lowest BCUT2D eigenvalue weighted by Crippen LogP contribution is -2.59. The molecule has 4 atom stereocenters. The Kier molecular flexibility index (Phi) is 3.74. The highest BCUT2D eigenvalue weighted by molar-refractivity contribution is 7.12. The standard InChI is InChI=1S/C19H20N2O3S2/c22-16(17-4-2-8-26-17)10-21-6-5-14-15(9-21)19(14,12-21)20-18(23)24-11-13-3-1-7-25-13/h1-4,7-8,14-15H,5-6,9-12H2/p+1. The minimum Gasteiger partial charge on any atom is -0.444 e. The van der Waals surface area contributed by atoms with Crippen molar-refractivity contribution in [3.8, 4) is 0 Å². The number of hydrogen-bond donors (Lipinski definition) is 1. The van der Waals surface area contributed by atoms with Gasteiger partial charge in [0.25, 0.3) is 0 Å². The minimum absolute atomic E-state index is 0.138. The lowest BCUT2D eigenvalue weighted by molar-refractivity contribution is -0.921. The number of ketones is 1. The predicted molar refractivity (Wildman–Crippen MR) is 100 cm³/mol. The highest BCUT2D eigenvalue weighted by Gasteiger charge is 2.78. The van der Waals surface area contributed by atoms with Crippen LogP contribution in [0.15, 0.2) is 35.0 Å². The van der Waals surface area contributed by atoms with Gasteiger partial charge in [0.15, 0.2) is 0 Å². The van der Waals surface area contributed by atoms with Gasteiger partial charge >= 0.3 is 6.09 Å². The maximum Gasteiger partial charge on any atom is 0.408 e. The van der Waals surface area contributed by atoms with Crippen molar-refractivity contribution >= 4 is 34.6 Å². The topological polar surface area (TPSA) is 55.4 Å². The van der Waals surface area contributed by atoms with E-state index in [1.54, 1.807) is 11.3 Å². The molecule has 6 rings (SSSR count). The molecule has 1 saturated carbocycles. The summed E-state index contributed by atoms with van der Waals surface area (Å²) in [4.78, 5) is 26.8. The maximum atomic E-state index is 12.6. The molecule has 26 heavy (non-hydrogen) atoms. The summed E-state index contributed by atoms with van der Waals surface area (Å²) in [6.45, 7) is 3.80. The normalized spacial score (nSPS) is 33.7. The average Bonchev–Trinajstić information content (AvgIpc) is 3.18. The molecule has 7 heteroatoms. The van der Waals surface area contributed by atoms with Crippen LogP contribution in [0, 0.1) is 11.8 Å². The average molecular weight is 390 g/mol. The number of rotatable bonds is 6. The maximum absolute atomic E-state index is 12.6. The fourth-order valence-corrected chi connectivity index (χ4v) is 6.48. The van der Waals surface area contributed by atoms with Crippen LogP contribution in [0.25, 0.3) is 0 Å². The molecule has 3 saturated heterocycles. The van der Waals surface area contributed by atoms with Crippen molar-refractivity contribution in [2.24, 2.45) is 11.8 Å². The molecule has 1 aliphatic carbocycles. The van der Waals surface area contributed by atoms with Crippen LogP contribution >= 0.6 is 22.7 Å². The quantitative estimate of drug-likeness (QED) is 0.610. The third kappa shape index (κ3) is 2.61. The zero-order chi connectivity index (χ0) is 17.8. The van der Waals surface area contributed by atoms with Gasteiger partial charge in [0.1, 0.15) is 25.2 Å². The van der Waals surface area contributed by atoms with Gasteiger partial charge in [0, 0.05) is 23.1 Å². The number of carbonyl (C=O) groups excluding carboxylic acids is 2. The largest absolute Gasteiger partial charge is 0.444 e. The summed E-state index contributed by atoms with van der Waals surface area (Å²) in [6, 6.07) is 7.76. The number of thiophene rings is 2. The number of carbonyl (C=O) groups is 2. The number of nitrogens with zero attached hydrogens (tertiary/aromatic N) is 1. The van der Waals surface area contributed by atoms with Gasteiger partial charge in [0.05, 0.1) is 18.0 Å². The molecule has 4 fully saturated rings. The van der Waals surface area contributed by atoms with E-state index in [1.807, 2.05) is 35.0 Å². The second kappa shape index (κ2) is 5.90. The lowest BCUT2D eigenvalue weighted by Gasteiger charge is -2.41. The van der Waals surface area contributed by atoms with Crippen molar-refractivity contribution in [2.45, 2.75) is 18.6 Å². The number of alkyl carbamates (subject to hydrolysis) is 1. The summed E-state index contributed by atoms with van der Waals surface area (Å²) in [7, 11) is 0. The van der Waals surface area contributed by atoms with Crippen LogP contribution in [0.4, 0.5) is 4.79 Å². The molecule has 2 aromatic heterocycles. The van der Waals surface area contributed by atoms with Gasteiger partial charge in [0.2, 0.25) is 5.78 Å². The van der Waals surface area contributed by atoms with E-state index in [2.05, 4.69) is 5.32 Å². The molecule has 4 aliphatic rings. The van der Waals surface area contributed by atoms with Gasteiger partial charge in [-0.05, 0) is 22.9 Å². The molecule has 1 N–H and O–H groups in total. The van der Waals surface area contributed by atoms with Crippen molar-refractivity contribution in [2.75, 3.05) is 26.2 Å². The molecule has 1 amide bonds. The fraction of sp³-hybridized carbons (Fsp3) is 0.474. The van der Waals surface area contributed by atoms with Crippen molar-refractivity contribution in [3.63, 3.8) is 0 Å². The smallest absolute Gasteiger partial charge is 0.408 e. The Balaban J connectivity index is 1.23. The van der Waals surface area contributed by atoms with E-state index in [9.17, 15) is 9.59 Å². The number of quaternary nitrogens is 1. The number of amides is 1. The number of Topliss-reactive ketones (excluding diaryl/α,β-unsaturated/α-hetero) is 1. The lowest BCUT2D eigenvalue weighted by atomic mass is 10.0. The summed E-state index contributed by atoms with van der Waals surface area (Å²) in [6.07, 6.45) is 0.769. The van der Waals surface area contributed by atoms with E-state index in [-0.39, 0.29) is 17.4 Å². The Morgan fingerprint density at radius 3 is 2.85 bits per heavy atom. The van der Waals surface area contributed by atoms with Crippen molar-refractivity contribution < 1.29 is 18.8 Å². The van der Waals surface area contributed by atoms with E-state index in [4.69, 9.17) is 4.74 Å². The monoisotopic (exact) mass is 389 g/mol. The van der Waals surface area contributed by atoms with Gasteiger partial charge in [-0.1, -0.05) is 12.1 Å².